The molecule has 0 bridgehead atoms. The molecular weight excluding hydrogens is 368 g/mol. The number of unbranched alkanes of at least 4 members (excludes halogenated alkanes) is 1. The van der Waals surface area contributed by atoms with Crippen molar-refractivity contribution in [3.05, 3.63) is 47.4 Å². The normalized spacial score (nSPS) is 21.4. The minimum Gasteiger partial charge on any atom is -0.490 e. The lowest BCUT2D eigenvalue weighted by Crippen LogP contribution is -2.50. The number of benzene rings is 1. The van der Waals surface area contributed by atoms with Crippen LogP contribution in [0.15, 0.2) is 41.9 Å². The summed E-state index contributed by atoms with van der Waals surface area (Å²) in [5.41, 5.74) is -1.03. The molecule has 0 aromatic heterocycles. The SMILES string of the molecule is CCCCOC1=C(OCc2ccccc2)C(=O)O[C@]1(CC(O)CO)[C@@H](O)CO. The number of hydrogen-bond donors (Lipinski definition) is 4. The molecule has 8 nitrogen and oxygen atoms in total. The summed E-state index contributed by atoms with van der Waals surface area (Å²) < 4.78 is 16.8. The first-order valence-corrected chi connectivity index (χ1v) is 9.34. The Morgan fingerprint density at radius 2 is 1.82 bits per heavy atom. The van der Waals surface area contributed by atoms with Crippen molar-refractivity contribution in [2.75, 3.05) is 19.8 Å². The van der Waals surface area contributed by atoms with Crippen molar-refractivity contribution < 1.29 is 39.4 Å². The Kier molecular flexibility index (Phi) is 8.25. The predicted octanol–water partition coefficient (Wildman–Crippen LogP) is 0.624. The van der Waals surface area contributed by atoms with Gasteiger partial charge in [-0.15, -0.1) is 0 Å². The first-order valence-electron chi connectivity index (χ1n) is 9.34. The average Bonchev–Trinajstić information content (AvgIpc) is 2.98. The third-order valence-corrected chi connectivity index (χ3v) is 4.48. The second kappa shape index (κ2) is 10.4. The number of carbonyl (C=O) groups is 1. The van der Waals surface area contributed by atoms with Crippen LogP contribution in [-0.4, -0.2) is 64.0 Å². The minimum absolute atomic E-state index is 0.0692. The highest BCUT2D eigenvalue weighted by Gasteiger charge is 2.56. The van der Waals surface area contributed by atoms with Gasteiger partial charge in [-0.3, -0.25) is 0 Å². The number of cyclic esters (lactones) is 1. The molecule has 1 aliphatic rings. The van der Waals surface area contributed by atoms with Crippen molar-refractivity contribution in [2.24, 2.45) is 0 Å². The maximum atomic E-state index is 12.5. The van der Waals surface area contributed by atoms with E-state index in [2.05, 4.69) is 0 Å². The van der Waals surface area contributed by atoms with Crippen molar-refractivity contribution >= 4 is 5.97 Å². The molecular formula is C20H28O8. The van der Waals surface area contributed by atoms with Gasteiger partial charge < -0.3 is 34.6 Å². The van der Waals surface area contributed by atoms with Gasteiger partial charge >= 0.3 is 5.97 Å². The van der Waals surface area contributed by atoms with Crippen LogP contribution in [0.4, 0.5) is 0 Å². The maximum absolute atomic E-state index is 12.5. The van der Waals surface area contributed by atoms with Gasteiger partial charge in [0.25, 0.3) is 0 Å². The Balaban J connectivity index is 2.38. The van der Waals surface area contributed by atoms with E-state index in [0.29, 0.717) is 6.42 Å². The minimum atomic E-state index is -1.84. The predicted molar refractivity (Wildman–Crippen MR) is 98.7 cm³/mol. The molecule has 0 saturated heterocycles. The standard InChI is InChI=1S/C20H28O8/c1-2-3-9-26-18-17(27-13-14-7-5-4-6-8-14)19(25)28-20(18,16(24)12-22)10-15(23)11-21/h4-8,15-16,21-24H,2-3,9-13H2,1H3/t15?,16-,20+/m0/s1. The van der Waals surface area contributed by atoms with Crippen molar-refractivity contribution in [1.29, 1.82) is 0 Å². The Morgan fingerprint density at radius 3 is 2.43 bits per heavy atom. The Bertz CT molecular complexity index is 659. The molecule has 0 saturated carbocycles. The summed E-state index contributed by atoms with van der Waals surface area (Å²) in [4.78, 5) is 12.5. The number of hydrogen-bond acceptors (Lipinski definition) is 8. The lowest BCUT2D eigenvalue weighted by molar-refractivity contribution is -0.171. The second-order valence-corrected chi connectivity index (χ2v) is 6.65. The number of aliphatic hydroxyl groups excluding tert-OH is 4. The summed E-state index contributed by atoms with van der Waals surface area (Å²) in [6.45, 7) is 0.916. The third kappa shape index (κ3) is 5.02. The fourth-order valence-electron chi connectivity index (χ4n) is 2.96. The number of esters is 1. The zero-order valence-corrected chi connectivity index (χ0v) is 15.9. The summed E-state index contributed by atoms with van der Waals surface area (Å²) in [7, 11) is 0. The lowest BCUT2D eigenvalue weighted by atomic mass is 9.88. The van der Waals surface area contributed by atoms with Crippen LogP contribution >= 0.6 is 0 Å². The monoisotopic (exact) mass is 396 g/mol. The Labute approximate surface area is 164 Å². The van der Waals surface area contributed by atoms with Gasteiger partial charge in [0.05, 0.1) is 25.9 Å². The third-order valence-electron chi connectivity index (χ3n) is 4.48. The van der Waals surface area contributed by atoms with E-state index in [9.17, 15) is 25.2 Å². The molecule has 0 radical (unpaired) electrons. The molecule has 0 fully saturated rings. The summed E-state index contributed by atoms with van der Waals surface area (Å²) in [5, 5.41) is 39.1. The Hall–Kier alpha value is -2.13. The summed E-state index contributed by atoms with van der Waals surface area (Å²) in [6, 6.07) is 9.16. The van der Waals surface area contributed by atoms with Crippen LogP contribution in [0, 0.1) is 0 Å². The largest absolute Gasteiger partial charge is 0.490 e. The molecule has 1 aliphatic heterocycles. The van der Waals surface area contributed by atoms with Crippen molar-refractivity contribution in [2.45, 2.75) is 50.6 Å². The van der Waals surface area contributed by atoms with Gasteiger partial charge in [-0.25, -0.2) is 4.79 Å². The van der Waals surface area contributed by atoms with Crippen LogP contribution in [0.1, 0.15) is 31.7 Å². The molecule has 2 rings (SSSR count). The van der Waals surface area contributed by atoms with E-state index in [1.807, 2.05) is 37.3 Å². The van der Waals surface area contributed by atoms with E-state index in [1.165, 1.54) is 0 Å². The van der Waals surface area contributed by atoms with Crippen LogP contribution in [0.2, 0.25) is 0 Å². The van der Waals surface area contributed by atoms with Gasteiger partial charge in [0.1, 0.15) is 12.7 Å². The zero-order chi connectivity index (χ0) is 20.6. The molecule has 28 heavy (non-hydrogen) atoms. The molecule has 1 unspecified atom stereocenters. The molecule has 1 heterocycles. The first kappa shape index (κ1) is 22.2. The quantitative estimate of drug-likeness (QED) is 0.299. The van der Waals surface area contributed by atoms with E-state index in [0.717, 1.165) is 12.0 Å². The Morgan fingerprint density at radius 1 is 1.11 bits per heavy atom. The highest BCUT2D eigenvalue weighted by atomic mass is 16.6. The van der Waals surface area contributed by atoms with E-state index in [-0.39, 0.29) is 31.2 Å². The maximum Gasteiger partial charge on any atom is 0.378 e. The zero-order valence-electron chi connectivity index (χ0n) is 15.9. The lowest BCUT2D eigenvalue weighted by Gasteiger charge is -2.34. The van der Waals surface area contributed by atoms with Gasteiger partial charge in [-0.2, -0.15) is 0 Å². The number of carbonyl (C=O) groups excluding carboxylic acids is 1. The van der Waals surface area contributed by atoms with Gasteiger partial charge in [0.15, 0.2) is 5.76 Å². The van der Waals surface area contributed by atoms with Gasteiger partial charge in [-0.05, 0) is 12.0 Å². The first-order chi connectivity index (χ1) is 13.5. The summed E-state index contributed by atoms with van der Waals surface area (Å²) >= 11 is 0. The van der Waals surface area contributed by atoms with E-state index in [1.54, 1.807) is 0 Å². The van der Waals surface area contributed by atoms with E-state index < -0.39 is 37.0 Å². The van der Waals surface area contributed by atoms with Crippen LogP contribution in [-0.2, 0) is 25.6 Å². The van der Waals surface area contributed by atoms with Crippen LogP contribution in [0.5, 0.6) is 0 Å². The van der Waals surface area contributed by atoms with Crippen LogP contribution < -0.4 is 0 Å². The number of ether oxygens (including phenoxy) is 3. The molecule has 0 amide bonds. The van der Waals surface area contributed by atoms with Gasteiger partial charge in [0, 0.05) is 6.42 Å². The van der Waals surface area contributed by atoms with Crippen LogP contribution in [0.3, 0.4) is 0 Å². The molecule has 8 heteroatoms. The topological polar surface area (TPSA) is 126 Å². The highest BCUT2D eigenvalue weighted by Crippen LogP contribution is 2.41. The van der Waals surface area contributed by atoms with E-state index >= 15 is 0 Å². The highest BCUT2D eigenvalue weighted by molar-refractivity contribution is 5.90. The molecule has 156 valence electrons. The molecule has 4 N–H and O–H groups in total. The van der Waals surface area contributed by atoms with Crippen molar-refractivity contribution in [3.63, 3.8) is 0 Å². The average molecular weight is 396 g/mol. The molecule has 0 aliphatic carbocycles. The summed E-state index contributed by atoms with van der Waals surface area (Å²) in [5.74, 6) is -1.14. The molecule has 3 atom stereocenters. The van der Waals surface area contributed by atoms with Gasteiger partial charge in [-0.1, -0.05) is 43.7 Å². The van der Waals surface area contributed by atoms with Crippen LogP contribution in [0.25, 0.3) is 0 Å². The number of aliphatic hydroxyl groups is 4. The second-order valence-electron chi connectivity index (χ2n) is 6.65. The van der Waals surface area contributed by atoms with Gasteiger partial charge in [0.2, 0.25) is 11.4 Å². The molecule has 0 spiro atoms. The molecule has 1 aromatic carbocycles. The fraction of sp³-hybridized carbons (Fsp3) is 0.550. The van der Waals surface area contributed by atoms with Crippen molar-refractivity contribution in [1.82, 2.24) is 0 Å². The van der Waals surface area contributed by atoms with E-state index in [4.69, 9.17) is 14.2 Å². The summed E-state index contributed by atoms with van der Waals surface area (Å²) in [6.07, 6.45) is -1.70. The number of rotatable bonds is 12. The fourth-order valence-corrected chi connectivity index (χ4v) is 2.96. The van der Waals surface area contributed by atoms with Crippen molar-refractivity contribution in [3.8, 4) is 0 Å². The smallest absolute Gasteiger partial charge is 0.378 e. The molecule has 1 aromatic rings.